The molecule has 0 fully saturated rings. The minimum Gasteiger partial charge on any atom is -0.385 e. The zero-order valence-electron chi connectivity index (χ0n) is 10.5. The molecule has 0 saturated heterocycles. The topological polar surface area (TPSA) is 41.1 Å². The van der Waals surface area contributed by atoms with Crippen LogP contribution in [0.15, 0.2) is 24.3 Å². The Morgan fingerprint density at radius 2 is 2.00 bits per heavy atom. The average molecular weight is 252 g/mol. The van der Waals surface area contributed by atoms with E-state index in [1.807, 2.05) is 43.0 Å². The first-order valence-corrected chi connectivity index (χ1v) is 7.28. The first-order valence-electron chi connectivity index (χ1n) is 5.89. The van der Waals surface area contributed by atoms with Crippen LogP contribution in [-0.2, 0) is 0 Å². The van der Waals surface area contributed by atoms with E-state index in [9.17, 15) is 4.79 Å². The van der Waals surface area contributed by atoms with Gasteiger partial charge >= 0.3 is 0 Å². The number of rotatable bonds is 7. The van der Waals surface area contributed by atoms with Crippen LogP contribution < -0.4 is 10.6 Å². The molecule has 17 heavy (non-hydrogen) atoms. The van der Waals surface area contributed by atoms with Crippen LogP contribution in [-0.4, -0.2) is 31.0 Å². The Labute approximate surface area is 107 Å². The molecule has 2 N–H and O–H groups in total. The lowest BCUT2D eigenvalue weighted by Gasteiger charge is -2.07. The molecule has 0 aromatic heterocycles. The Bertz CT molecular complexity index is 338. The molecule has 0 aliphatic heterocycles. The fourth-order valence-electron chi connectivity index (χ4n) is 1.45. The number of carbonyl (C=O) groups is 1. The van der Waals surface area contributed by atoms with Crippen LogP contribution in [0.1, 0.15) is 23.7 Å². The molecule has 4 heteroatoms. The van der Waals surface area contributed by atoms with Crippen LogP contribution in [0.3, 0.4) is 0 Å². The molecule has 0 aliphatic carbocycles. The van der Waals surface area contributed by atoms with Crippen LogP contribution in [0.4, 0.5) is 5.69 Å². The summed E-state index contributed by atoms with van der Waals surface area (Å²) in [4.78, 5) is 11.5. The largest absolute Gasteiger partial charge is 0.385 e. The molecule has 3 nitrogen and oxygen atoms in total. The summed E-state index contributed by atoms with van der Waals surface area (Å²) in [5.74, 6) is 1.16. The molecule has 0 spiro atoms. The number of carbonyl (C=O) groups excluding carboxylic acids is 1. The van der Waals surface area contributed by atoms with Gasteiger partial charge in [0.15, 0.2) is 0 Å². The Balaban J connectivity index is 2.42. The maximum Gasteiger partial charge on any atom is 0.251 e. The van der Waals surface area contributed by atoms with Gasteiger partial charge in [-0.1, -0.05) is 0 Å². The minimum atomic E-state index is -0.0126. The molecule has 1 amide bonds. The summed E-state index contributed by atoms with van der Waals surface area (Å²) in [5, 5.41) is 6.11. The van der Waals surface area contributed by atoms with Gasteiger partial charge in [0, 0.05) is 24.3 Å². The summed E-state index contributed by atoms with van der Waals surface area (Å²) in [7, 11) is 0. The van der Waals surface area contributed by atoms with Crippen molar-refractivity contribution in [2.24, 2.45) is 0 Å². The fourth-order valence-corrected chi connectivity index (χ4v) is 1.88. The monoisotopic (exact) mass is 252 g/mol. The van der Waals surface area contributed by atoms with Gasteiger partial charge in [0.2, 0.25) is 0 Å². The number of nitrogens with one attached hydrogen (secondary N) is 2. The number of hydrogen-bond donors (Lipinski definition) is 2. The standard InChI is InChI=1S/C13H20N2OS/c1-3-14-13(16)11-5-7-12(8-6-11)15-9-4-10-17-2/h5-8,15H,3-4,9-10H2,1-2H3,(H,14,16). The minimum absolute atomic E-state index is 0.0126. The van der Waals surface area contributed by atoms with Gasteiger partial charge in [0.05, 0.1) is 0 Å². The third kappa shape index (κ3) is 5.13. The van der Waals surface area contributed by atoms with Crippen molar-refractivity contribution in [3.05, 3.63) is 29.8 Å². The SMILES string of the molecule is CCNC(=O)c1ccc(NCCCSC)cc1. The maximum absolute atomic E-state index is 11.5. The van der Waals surface area contributed by atoms with Crippen LogP contribution >= 0.6 is 11.8 Å². The third-order valence-corrected chi connectivity index (χ3v) is 3.04. The molecular formula is C13H20N2OS. The number of anilines is 1. The Morgan fingerprint density at radius 3 is 2.59 bits per heavy atom. The van der Waals surface area contributed by atoms with E-state index in [0.717, 1.165) is 18.7 Å². The lowest BCUT2D eigenvalue weighted by atomic mass is 10.2. The molecule has 0 unspecified atom stereocenters. The molecule has 0 heterocycles. The van der Waals surface area contributed by atoms with Gasteiger partial charge < -0.3 is 10.6 Å². The Kier molecular flexibility index (Phi) is 6.55. The molecule has 0 atom stereocenters. The first kappa shape index (κ1) is 13.9. The van der Waals surface area contributed by atoms with Crippen molar-refractivity contribution >= 4 is 23.4 Å². The quantitative estimate of drug-likeness (QED) is 0.733. The van der Waals surface area contributed by atoms with Crippen molar-refractivity contribution in [1.29, 1.82) is 0 Å². The smallest absolute Gasteiger partial charge is 0.251 e. The second kappa shape index (κ2) is 8.01. The van der Waals surface area contributed by atoms with E-state index in [4.69, 9.17) is 0 Å². The summed E-state index contributed by atoms with van der Waals surface area (Å²) >= 11 is 1.86. The highest BCUT2D eigenvalue weighted by molar-refractivity contribution is 7.98. The highest BCUT2D eigenvalue weighted by Gasteiger charge is 2.02. The Morgan fingerprint density at radius 1 is 1.29 bits per heavy atom. The van der Waals surface area contributed by atoms with Crippen molar-refractivity contribution in [2.75, 3.05) is 30.4 Å². The van der Waals surface area contributed by atoms with Crippen molar-refractivity contribution in [3.8, 4) is 0 Å². The summed E-state index contributed by atoms with van der Waals surface area (Å²) in [6, 6.07) is 7.59. The van der Waals surface area contributed by atoms with E-state index in [0.29, 0.717) is 12.1 Å². The van der Waals surface area contributed by atoms with E-state index < -0.39 is 0 Å². The molecule has 94 valence electrons. The van der Waals surface area contributed by atoms with Crippen LogP contribution in [0.5, 0.6) is 0 Å². The molecule has 0 aliphatic rings. The van der Waals surface area contributed by atoms with Crippen LogP contribution in [0.25, 0.3) is 0 Å². The summed E-state index contributed by atoms with van der Waals surface area (Å²) < 4.78 is 0. The van der Waals surface area contributed by atoms with E-state index in [-0.39, 0.29) is 5.91 Å². The third-order valence-electron chi connectivity index (χ3n) is 2.34. The van der Waals surface area contributed by atoms with Gasteiger partial charge in [0.1, 0.15) is 0 Å². The zero-order valence-corrected chi connectivity index (χ0v) is 11.3. The van der Waals surface area contributed by atoms with Crippen LogP contribution in [0, 0.1) is 0 Å². The van der Waals surface area contributed by atoms with E-state index in [1.54, 1.807) is 0 Å². The number of thioether (sulfide) groups is 1. The molecule has 1 aromatic rings. The maximum atomic E-state index is 11.5. The number of hydrogen-bond acceptors (Lipinski definition) is 3. The predicted octanol–water partition coefficient (Wildman–Crippen LogP) is 2.60. The second-order valence-corrected chi connectivity index (χ2v) is 4.70. The van der Waals surface area contributed by atoms with E-state index >= 15 is 0 Å². The van der Waals surface area contributed by atoms with E-state index in [1.165, 1.54) is 5.75 Å². The van der Waals surface area contributed by atoms with Crippen molar-refractivity contribution < 1.29 is 4.79 Å². The van der Waals surface area contributed by atoms with Gasteiger partial charge in [0.25, 0.3) is 5.91 Å². The fraction of sp³-hybridized carbons (Fsp3) is 0.462. The van der Waals surface area contributed by atoms with Crippen molar-refractivity contribution in [2.45, 2.75) is 13.3 Å². The lowest BCUT2D eigenvalue weighted by molar-refractivity contribution is 0.0956. The van der Waals surface area contributed by atoms with Crippen molar-refractivity contribution in [3.63, 3.8) is 0 Å². The normalized spacial score (nSPS) is 10.0. The average Bonchev–Trinajstić information content (AvgIpc) is 2.36. The van der Waals surface area contributed by atoms with Gasteiger partial charge in [-0.05, 0) is 49.6 Å². The van der Waals surface area contributed by atoms with E-state index in [2.05, 4.69) is 16.9 Å². The van der Waals surface area contributed by atoms with Gasteiger partial charge in [-0.15, -0.1) is 0 Å². The first-order chi connectivity index (χ1) is 8.27. The van der Waals surface area contributed by atoms with Gasteiger partial charge in [-0.3, -0.25) is 4.79 Å². The molecule has 0 saturated carbocycles. The zero-order chi connectivity index (χ0) is 12.5. The molecule has 1 rings (SSSR count). The summed E-state index contributed by atoms with van der Waals surface area (Å²) in [6.45, 7) is 3.55. The molecule has 0 bridgehead atoms. The lowest BCUT2D eigenvalue weighted by Crippen LogP contribution is -2.22. The number of benzene rings is 1. The predicted molar refractivity (Wildman–Crippen MR) is 75.9 cm³/mol. The summed E-state index contributed by atoms with van der Waals surface area (Å²) in [5.41, 5.74) is 1.78. The highest BCUT2D eigenvalue weighted by atomic mass is 32.2. The molecule has 1 aromatic carbocycles. The van der Waals surface area contributed by atoms with Crippen LogP contribution in [0.2, 0.25) is 0 Å². The Hall–Kier alpha value is -1.16. The number of amides is 1. The van der Waals surface area contributed by atoms with Crippen molar-refractivity contribution in [1.82, 2.24) is 5.32 Å². The summed E-state index contributed by atoms with van der Waals surface area (Å²) in [6.07, 6.45) is 3.26. The van der Waals surface area contributed by atoms with Gasteiger partial charge in [-0.25, -0.2) is 0 Å². The second-order valence-electron chi connectivity index (χ2n) is 3.71. The molecular weight excluding hydrogens is 232 g/mol. The van der Waals surface area contributed by atoms with Gasteiger partial charge in [-0.2, -0.15) is 11.8 Å². The molecule has 0 radical (unpaired) electrons. The highest BCUT2D eigenvalue weighted by Crippen LogP contribution is 2.09.